The Bertz CT molecular complexity index is 884. The molecular weight excluding hydrogens is 348 g/mol. The van der Waals surface area contributed by atoms with Crippen LogP contribution < -0.4 is 5.32 Å². The highest BCUT2D eigenvalue weighted by Crippen LogP contribution is 2.21. The number of carbonyl (C=O) groups excluding carboxylic acids is 1. The lowest BCUT2D eigenvalue weighted by Gasteiger charge is -2.18. The number of hydrogen-bond donors (Lipinski definition) is 1. The van der Waals surface area contributed by atoms with Gasteiger partial charge in [0.25, 0.3) is 5.91 Å². The van der Waals surface area contributed by atoms with E-state index in [0.717, 1.165) is 37.3 Å². The van der Waals surface area contributed by atoms with Gasteiger partial charge in [0.05, 0.1) is 5.56 Å². The van der Waals surface area contributed by atoms with Gasteiger partial charge in [0.2, 0.25) is 0 Å². The van der Waals surface area contributed by atoms with Crippen LogP contribution >= 0.6 is 11.6 Å². The predicted molar refractivity (Wildman–Crippen MR) is 107 cm³/mol. The van der Waals surface area contributed by atoms with Crippen molar-refractivity contribution in [3.8, 4) is 0 Å². The van der Waals surface area contributed by atoms with E-state index in [9.17, 15) is 4.79 Å². The molecule has 1 N–H and O–H groups in total. The van der Waals surface area contributed by atoms with Crippen molar-refractivity contribution in [3.05, 3.63) is 59.5 Å². The van der Waals surface area contributed by atoms with Crippen molar-refractivity contribution in [2.75, 3.05) is 25.0 Å². The Balaban J connectivity index is 1.71. The Morgan fingerprint density at radius 1 is 1.19 bits per heavy atom. The van der Waals surface area contributed by atoms with Crippen molar-refractivity contribution in [3.63, 3.8) is 0 Å². The van der Waals surface area contributed by atoms with Crippen molar-refractivity contribution in [2.24, 2.45) is 0 Å². The predicted octanol–water partition coefficient (Wildman–Crippen LogP) is 4.28. The van der Waals surface area contributed by atoms with E-state index in [-0.39, 0.29) is 5.91 Å². The first-order valence-corrected chi connectivity index (χ1v) is 9.22. The van der Waals surface area contributed by atoms with Crippen LogP contribution in [0.3, 0.4) is 0 Å². The second kappa shape index (κ2) is 8.34. The Hall–Kier alpha value is -2.37. The molecule has 0 aliphatic rings. The zero-order chi connectivity index (χ0) is 18.5. The molecule has 0 radical (unpaired) electrons. The van der Waals surface area contributed by atoms with E-state index in [4.69, 9.17) is 11.6 Å². The minimum absolute atomic E-state index is 0.200. The molecule has 1 amide bonds. The lowest BCUT2D eigenvalue weighted by atomic mass is 10.2. The number of halogens is 1. The van der Waals surface area contributed by atoms with Crippen molar-refractivity contribution < 1.29 is 4.79 Å². The van der Waals surface area contributed by atoms with Gasteiger partial charge in [-0.3, -0.25) is 4.79 Å². The maximum Gasteiger partial charge on any atom is 0.257 e. The first-order valence-electron chi connectivity index (χ1n) is 8.85. The van der Waals surface area contributed by atoms with Gasteiger partial charge >= 0.3 is 0 Å². The van der Waals surface area contributed by atoms with Crippen molar-refractivity contribution in [2.45, 2.75) is 20.4 Å². The van der Waals surface area contributed by atoms with Crippen LogP contribution in [0.4, 0.5) is 5.69 Å². The molecule has 5 nitrogen and oxygen atoms in total. The molecule has 1 aromatic carbocycles. The van der Waals surface area contributed by atoms with Gasteiger partial charge in [0.15, 0.2) is 0 Å². The summed E-state index contributed by atoms with van der Waals surface area (Å²) in [5.41, 5.74) is 2.41. The normalized spacial score (nSPS) is 11.2. The lowest BCUT2D eigenvalue weighted by Crippen LogP contribution is -2.26. The van der Waals surface area contributed by atoms with Crippen LogP contribution in [0.25, 0.3) is 10.9 Å². The van der Waals surface area contributed by atoms with Crippen molar-refractivity contribution in [1.29, 1.82) is 0 Å². The van der Waals surface area contributed by atoms with Crippen LogP contribution in [-0.4, -0.2) is 40.0 Å². The minimum atomic E-state index is -0.200. The van der Waals surface area contributed by atoms with Gasteiger partial charge in [-0.2, -0.15) is 0 Å². The average Bonchev–Trinajstić information content (AvgIpc) is 3.05. The van der Waals surface area contributed by atoms with Gasteiger partial charge in [0.1, 0.15) is 5.15 Å². The monoisotopic (exact) mass is 370 g/mol. The molecule has 3 rings (SSSR count). The van der Waals surface area contributed by atoms with Crippen LogP contribution in [0, 0.1) is 0 Å². The zero-order valence-electron chi connectivity index (χ0n) is 15.1. The molecule has 0 aliphatic carbocycles. The summed E-state index contributed by atoms with van der Waals surface area (Å²) in [5, 5.41) is 4.39. The van der Waals surface area contributed by atoms with E-state index in [0.29, 0.717) is 10.7 Å². The quantitative estimate of drug-likeness (QED) is 0.631. The fourth-order valence-electron chi connectivity index (χ4n) is 2.98. The number of hydrogen-bond acceptors (Lipinski definition) is 3. The molecule has 136 valence electrons. The molecule has 2 heterocycles. The first-order chi connectivity index (χ1) is 12.6. The minimum Gasteiger partial charge on any atom is -0.346 e. The molecule has 0 fully saturated rings. The first kappa shape index (κ1) is 18.4. The van der Waals surface area contributed by atoms with Gasteiger partial charge in [-0.1, -0.05) is 25.4 Å². The molecule has 0 aliphatic heterocycles. The summed E-state index contributed by atoms with van der Waals surface area (Å²) in [6, 6.07) is 11.3. The number of nitrogens with zero attached hydrogens (tertiary/aromatic N) is 3. The van der Waals surface area contributed by atoms with E-state index in [1.54, 1.807) is 12.1 Å². The number of benzene rings is 1. The molecular formula is C20H23ClN4O. The Labute approximate surface area is 158 Å². The summed E-state index contributed by atoms with van der Waals surface area (Å²) in [5.74, 6) is -0.200. The molecule has 0 spiro atoms. The highest BCUT2D eigenvalue weighted by molar-refractivity contribution is 6.29. The molecule has 2 aromatic heterocycles. The lowest BCUT2D eigenvalue weighted by molar-refractivity contribution is 0.102. The molecule has 0 bridgehead atoms. The number of aromatic nitrogens is 2. The van der Waals surface area contributed by atoms with Crippen molar-refractivity contribution >= 4 is 34.1 Å². The molecule has 0 saturated carbocycles. The smallest absolute Gasteiger partial charge is 0.257 e. The maximum atomic E-state index is 12.3. The number of likely N-dealkylation sites (N-methyl/N-ethyl adjacent to an activating group) is 1. The number of nitrogens with one attached hydrogen (secondary N) is 1. The zero-order valence-corrected chi connectivity index (χ0v) is 15.8. The SMILES string of the molecule is CCN(CC)CCn1ccc2cc(NC(=O)c3ccc(Cl)nc3)ccc21. The number of amides is 1. The molecule has 0 atom stereocenters. The summed E-state index contributed by atoms with van der Waals surface area (Å²) in [7, 11) is 0. The van der Waals surface area contributed by atoms with Gasteiger partial charge < -0.3 is 14.8 Å². The third-order valence-electron chi connectivity index (χ3n) is 4.57. The number of rotatable bonds is 7. The number of carbonyl (C=O) groups is 1. The van der Waals surface area contributed by atoms with Gasteiger partial charge in [-0.25, -0.2) is 4.98 Å². The third-order valence-corrected chi connectivity index (χ3v) is 4.79. The largest absolute Gasteiger partial charge is 0.346 e. The Morgan fingerprint density at radius 3 is 2.69 bits per heavy atom. The Morgan fingerprint density at radius 2 is 2.00 bits per heavy atom. The summed E-state index contributed by atoms with van der Waals surface area (Å²) in [6.45, 7) is 8.47. The summed E-state index contributed by atoms with van der Waals surface area (Å²) in [4.78, 5) is 18.6. The average molecular weight is 371 g/mol. The van der Waals surface area contributed by atoms with Crippen LogP contribution in [0.1, 0.15) is 24.2 Å². The number of anilines is 1. The topological polar surface area (TPSA) is 50.2 Å². The second-order valence-electron chi connectivity index (χ2n) is 6.13. The maximum absolute atomic E-state index is 12.3. The standard InChI is InChI=1S/C20H23ClN4O/c1-3-24(4-2)11-12-25-10-9-15-13-17(6-7-18(15)25)23-20(26)16-5-8-19(21)22-14-16/h5-10,13-14H,3-4,11-12H2,1-2H3,(H,23,26). The molecule has 0 unspecified atom stereocenters. The highest BCUT2D eigenvalue weighted by atomic mass is 35.5. The van der Waals surface area contributed by atoms with Gasteiger partial charge in [0, 0.05) is 42.1 Å². The summed E-state index contributed by atoms with van der Waals surface area (Å²) >= 11 is 5.76. The van der Waals surface area contributed by atoms with E-state index in [1.165, 1.54) is 11.7 Å². The van der Waals surface area contributed by atoms with E-state index >= 15 is 0 Å². The third kappa shape index (κ3) is 4.23. The van der Waals surface area contributed by atoms with Crippen LogP contribution in [0.2, 0.25) is 5.15 Å². The fourth-order valence-corrected chi connectivity index (χ4v) is 3.09. The van der Waals surface area contributed by atoms with Gasteiger partial charge in [-0.05, 0) is 49.5 Å². The number of pyridine rings is 1. The number of fused-ring (bicyclic) bond motifs is 1. The molecule has 3 aromatic rings. The molecule has 26 heavy (non-hydrogen) atoms. The van der Waals surface area contributed by atoms with E-state index in [1.807, 2.05) is 18.2 Å². The highest BCUT2D eigenvalue weighted by Gasteiger charge is 2.09. The second-order valence-corrected chi connectivity index (χ2v) is 6.52. The summed E-state index contributed by atoms with van der Waals surface area (Å²) in [6.07, 6.45) is 3.57. The van der Waals surface area contributed by atoms with Crippen molar-refractivity contribution in [1.82, 2.24) is 14.5 Å². The molecule has 6 heteroatoms. The molecule has 0 saturated heterocycles. The van der Waals surface area contributed by atoms with Gasteiger partial charge in [-0.15, -0.1) is 0 Å². The van der Waals surface area contributed by atoms with E-state index in [2.05, 4.69) is 45.9 Å². The van der Waals surface area contributed by atoms with E-state index < -0.39 is 0 Å². The fraction of sp³-hybridized carbons (Fsp3) is 0.300. The van der Waals surface area contributed by atoms with Crippen LogP contribution in [0.15, 0.2) is 48.8 Å². The Kier molecular flexibility index (Phi) is 5.91. The summed E-state index contributed by atoms with van der Waals surface area (Å²) < 4.78 is 2.25. The van der Waals surface area contributed by atoms with Crippen LogP contribution in [0.5, 0.6) is 0 Å². The van der Waals surface area contributed by atoms with Crippen LogP contribution in [-0.2, 0) is 6.54 Å².